The van der Waals surface area contributed by atoms with Crippen LogP contribution in [-0.4, -0.2) is 37.7 Å². The first kappa shape index (κ1) is 25.6. The number of nitrogens with one attached hydrogen (secondary N) is 3. The second kappa shape index (κ2) is 10.7. The van der Waals surface area contributed by atoms with E-state index in [1.807, 2.05) is 37.3 Å². The summed E-state index contributed by atoms with van der Waals surface area (Å²) in [6.45, 7) is 7.38. The van der Waals surface area contributed by atoms with Crippen LogP contribution < -0.4 is 20.7 Å². The number of fused-ring (bicyclic) bond motifs is 1. The number of carbonyl (C=O) groups excluding carboxylic acids is 2. The average molecular weight is 518 g/mol. The molecule has 6 nitrogen and oxygen atoms in total. The molecule has 2 fully saturated rings. The minimum Gasteiger partial charge on any atom is -0.492 e. The number of halogens is 2. The summed E-state index contributed by atoms with van der Waals surface area (Å²) in [4.78, 5) is 24.4. The van der Waals surface area contributed by atoms with Crippen molar-refractivity contribution < 1.29 is 14.3 Å². The number of benzene rings is 2. The molecular formula is C27H33Cl2N3O3. The van der Waals surface area contributed by atoms with Crippen LogP contribution in [0.3, 0.4) is 0 Å². The fourth-order valence-electron chi connectivity index (χ4n) is 5.97. The Hall–Kier alpha value is -2.44. The summed E-state index contributed by atoms with van der Waals surface area (Å²) in [7, 11) is 0. The van der Waals surface area contributed by atoms with E-state index < -0.39 is 5.41 Å². The molecule has 1 aliphatic heterocycles. The van der Waals surface area contributed by atoms with Crippen molar-refractivity contribution in [3.63, 3.8) is 0 Å². The zero-order chi connectivity index (χ0) is 25.2. The van der Waals surface area contributed by atoms with E-state index in [1.165, 1.54) is 5.56 Å². The van der Waals surface area contributed by atoms with E-state index >= 15 is 0 Å². The molecular weight excluding hydrogens is 485 g/mol. The molecule has 4 rings (SSSR count). The Bertz CT molecular complexity index is 1080. The van der Waals surface area contributed by atoms with Gasteiger partial charge in [0.2, 0.25) is 5.91 Å². The standard InChI is InChI=1S/C27H33Cl2N3O3/c1-4-30-26(34)31-13-14-35-19-9-10-20(22(29)15-19)21-11-12-27(3)24(16(2)32-25(27)33)23(21)17-5-7-18(28)8-6-17/h5-10,15-16,21,23-24H,4,11-14H2,1-3H3,(H,32,33)(H2,30,31,34)/t16-,21+,23+,24+,27-/m1/s1. The lowest BCUT2D eigenvalue weighted by Crippen LogP contribution is -2.42. The van der Waals surface area contributed by atoms with Gasteiger partial charge < -0.3 is 20.7 Å². The summed E-state index contributed by atoms with van der Waals surface area (Å²) in [5, 5.41) is 9.96. The summed E-state index contributed by atoms with van der Waals surface area (Å²) >= 11 is 13.0. The third-order valence-electron chi connectivity index (χ3n) is 7.57. The number of hydrogen-bond donors (Lipinski definition) is 3. The monoisotopic (exact) mass is 517 g/mol. The Kier molecular flexibility index (Phi) is 7.82. The maximum Gasteiger partial charge on any atom is 0.314 e. The molecule has 3 N–H and O–H groups in total. The topological polar surface area (TPSA) is 79.5 Å². The third kappa shape index (κ3) is 5.24. The van der Waals surface area contributed by atoms with Gasteiger partial charge in [-0.15, -0.1) is 0 Å². The summed E-state index contributed by atoms with van der Waals surface area (Å²) in [5.41, 5.74) is 1.83. The molecule has 0 radical (unpaired) electrons. The second-order valence-electron chi connectivity index (χ2n) is 9.75. The van der Waals surface area contributed by atoms with Crippen LogP contribution in [0, 0.1) is 11.3 Å². The second-order valence-corrected chi connectivity index (χ2v) is 10.6. The highest BCUT2D eigenvalue weighted by Gasteiger charge is 2.57. The lowest BCUT2D eigenvalue weighted by Gasteiger charge is -2.46. The molecule has 1 heterocycles. The smallest absolute Gasteiger partial charge is 0.314 e. The largest absolute Gasteiger partial charge is 0.492 e. The van der Waals surface area contributed by atoms with Crippen LogP contribution in [0.5, 0.6) is 5.75 Å². The van der Waals surface area contributed by atoms with Crippen LogP contribution in [0.2, 0.25) is 10.0 Å². The van der Waals surface area contributed by atoms with Crippen LogP contribution in [0.4, 0.5) is 4.79 Å². The van der Waals surface area contributed by atoms with Gasteiger partial charge >= 0.3 is 6.03 Å². The van der Waals surface area contributed by atoms with Gasteiger partial charge in [0, 0.05) is 28.5 Å². The lowest BCUT2D eigenvalue weighted by atomic mass is 9.56. The molecule has 0 aromatic heterocycles. The predicted molar refractivity (Wildman–Crippen MR) is 139 cm³/mol. The number of amides is 3. The van der Waals surface area contributed by atoms with Crippen molar-refractivity contribution in [2.45, 2.75) is 51.5 Å². The molecule has 0 spiro atoms. The molecule has 35 heavy (non-hydrogen) atoms. The minimum atomic E-state index is -0.410. The number of urea groups is 1. The molecule has 5 atom stereocenters. The van der Waals surface area contributed by atoms with Crippen molar-refractivity contribution in [2.75, 3.05) is 19.7 Å². The molecule has 1 saturated heterocycles. The molecule has 2 aromatic carbocycles. The van der Waals surface area contributed by atoms with Crippen LogP contribution in [0.1, 0.15) is 56.6 Å². The number of carbonyl (C=O) groups is 2. The first-order valence-corrected chi connectivity index (χ1v) is 13.0. The highest BCUT2D eigenvalue weighted by Crippen LogP contribution is 2.59. The summed E-state index contributed by atoms with van der Waals surface area (Å²) in [5.74, 6) is 1.22. The molecule has 2 aromatic rings. The molecule has 2 aliphatic rings. The minimum absolute atomic E-state index is 0.0646. The van der Waals surface area contributed by atoms with Crippen molar-refractivity contribution >= 4 is 35.1 Å². The van der Waals surface area contributed by atoms with E-state index in [0.29, 0.717) is 35.5 Å². The highest BCUT2D eigenvalue weighted by molar-refractivity contribution is 6.31. The zero-order valence-electron chi connectivity index (χ0n) is 20.4. The Morgan fingerprint density at radius 2 is 1.91 bits per heavy atom. The molecule has 1 saturated carbocycles. The van der Waals surface area contributed by atoms with Crippen molar-refractivity contribution in [3.8, 4) is 5.75 Å². The molecule has 0 bridgehead atoms. The van der Waals surface area contributed by atoms with Crippen LogP contribution in [0.25, 0.3) is 0 Å². The third-order valence-corrected chi connectivity index (χ3v) is 8.15. The van der Waals surface area contributed by atoms with Crippen LogP contribution in [-0.2, 0) is 4.79 Å². The molecule has 188 valence electrons. The quantitative estimate of drug-likeness (QED) is 0.424. The van der Waals surface area contributed by atoms with Gasteiger partial charge in [0.1, 0.15) is 12.4 Å². The first-order chi connectivity index (χ1) is 16.7. The van der Waals surface area contributed by atoms with Gasteiger partial charge in [-0.05, 0) is 73.9 Å². The van der Waals surface area contributed by atoms with Crippen molar-refractivity contribution in [3.05, 3.63) is 63.6 Å². The fraction of sp³-hybridized carbons (Fsp3) is 0.481. The summed E-state index contributed by atoms with van der Waals surface area (Å²) in [6.07, 6.45) is 1.67. The Morgan fingerprint density at radius 1 is 1.17 bits per heavy atom. The van der Waals surface area contributed by atoms with Gasteiger partial charge in [0.15, 0.2) is 0 Å². The predicted octanol–water partition coefficient (Wildman–Crippen LogP) is 5.49. The van der Waals surface area contributed by atoms with Crippen LogP contribution in [0.15, 0.2) is 42.5 Å². The van der Waals surface area contributed by atoms with Crippen molar-refractivity contribution in [2.24, 2.45) is 11.3 Å². The van der Waals surface area contributed by atoms with E-state index in [1.54, 1.807) is 0 Å². The zero-order valence-corrected chi connectivity index (χ0v) is 21.9. The maximum atomic E-state index is 12.9. The van der Waals surface area contributed by atoms with Gasteiger partial charge in [-0.1, -0.05) is 48.3 Å². The summed E-state index contributed by atoms with van der Waals surface area (Å²) < 4.78 is 5.80. The number of hydrogen-bond acceptors (Lipinski definition) is 3. The Balaban J connectivity index is 1.57. The number of rotatable bonds is 7. The van der Waals surface area contributed by atoms with Gasteiger partial charge in [-0.25, -0.2) is 4.79 Å². The van der Waals surface area contributed by atoms with Crippen LogP contribution >= 0.6 is 23.2 Å². The summed E-state index contributed by atoms with van der Waals surface area (Å²) in [6, 6.07) is 13.7. The maximum absolute atomic E-state index is 12.9. The van der Waals surface area contributed by atoms with Gasteiger partial charge in [0.25, 0.3) is 0 Å². The van der Waals surface area contributed by atoms with E-state index in [2.05, 4.69) is 41.9 Å². The molecule has 8 heteroatoms. The fourth-order valence-corrected chi connectivity index (χ4v) is 6.40. The van der Waals surface area contributed by atoms with E-state index in [0.717, 1.165) is 18.4 Å². The molecule has 3 amide bonds. The molecule has 1 aliphatic carbocycles. The van der Waals surface area contributed by atoms with Crippen molar-refractivity contribution in [1.82, 2.24) is 16.0 Å². The average Bonchev–Trinajstić information content (AvgIpc) is 3.05. The highest BCUT2D eigenvalue weighted by atomic mass is 35.5. The van der Waals surface area contributed by atoms with Gasteiger partial charge in [-0.2, -0.15) is 0 Å². The van der Waals surface area contributed by atoms with Crippen molar-refractivity contribution in [1.29, 1.82) is 0 Å². The van der Waals surface area contributed by atoms with Gasteiger partial charge in [-0.3, -0.25) is 4.79 Å². The van der Waals surface area contributed by atoms with Gasteiger partial charge in [0.05, 0.1) is 12.0 Å². The Morgan fingerprint density at radius 3 is 2.60 bits per heavy atom. The van der Waals surface area contributed by atoms with E-state index in [4.69, 9.17) is 27.9 Å². The van der Waals surface area contributed by atoms with E-state index in [-0.39, 0.29) is 35.7 Å². The SMILES string of the molecule is CCNC(=O)NCCOc1ccc([C@@H]2CC[C@@]3(C)C(=O)N[C@H](C)[C@H]3[C@H]2c2ccc(Cl)cc2)c(Cl)c1. The first-order valence-electron chi connectivity index (χ1n) is 12.2. The number of ether oxygens (including phenoxy) is 1. The lowest BCUT2D eigenvalue weighted by molar-refractivity contribution is -0.129. The Labute approximate surface area is 217 Å². The van der Waals surface area contributed by atoms with E-state index in [9.17, 15) is 9.59 Å². The normalized spacial score (nSPS) is 27.6. The molecule has 0 unspecified atom stereocenters.